The van der Waals surface area contributed by atoms with Gasteiger partial charge in [-0.25, -0.2) is 9.78 Å². The Labute approximate surface area is 144 Å². The van der Waals surface area contributed by atoms with E-state index in [-0.39, 0.29) is 12.3 Å². The lowest BCUT2D eigenvalue weighted by atomic mass is 10.0. The summed E-state index contributed by atoms with van der Waals surface area (Å²) in [5.74, 6) is -0.786. The van der Waals surface area contributed by atoms with Crippen molar-refractivity contribution < 1.29 is 19.1 Å². The maximum absolute atomic E-state index is 12.4. The summed E-state index contributed by atoms with van der Waals surface area (Å²) in [6, 6.07) is 6.29. The maximum Gasteiger partial charge on any atom is 0.326 e. The van der Waals surface area contributed by atoms with E-state index in [1.807, 2.05) is 0 Å². The molecule has 2 heterocycles. The lowest BCUT2D eigenvalue weighted by Gasteiger charge is -2.32. The smallest absolute Gasteiger partial charge is 0.326 e. The summed E-state index contributed by atoms with van der Waals surface area (Å²) in [6.45, 7) is 0.470. The first-order chi connectivity index (χ1) is 11.5. The van der Waals surface area contributed by atoms with E-state index < -0.39 is 12.0 Å². The molecule has 0 saturated carbocycles. The molecule has 1 amide bonds. The normalized spacial score (nSPS) is 17.7. The van der Waals surface area contributed by atoms with Crippen LogP contribution in [0.25, 0.3) is 11.5 Å². The van der Waals surface area contributed by atoms with Gasteiger partial charge in [-0.15, -0.1) is 0 Å². The van der Waals surface area contributed by atoms with Crippen LogP contribution in [0.5, 0.6) is 0 Å². The third kappa shape index (κ3) is 3.59. The van der Waals surface area contributed by atoms with Crippen LogP contribution in [-0.4, -0.2) is 39.5 Å². The van der Waals surface area contributed by atoms with Gasteiger partial charge in [0.05, 0.1) is 12.1 Å². The van der Waals surface area contributed by atoms with Gasteiger partial charge in [0.25, 0.3) is 0 Å². The summed E-state index contributed by atoms with van der Waals surface area (Å²) < 4.78 is 5.41. The molecule has 0 aliphatic carbocycles. The predicted octanol–water partition coefficient (Wildman–Crippen LogP) is 3.00. The van der Waals surface area contributed by atoms with Crippen LogP contribution in [-0.2, 0) is 16.0 Å². The molecule has 1 atom stereocenters. The standard InChI is InChI=1S/C17H17ClN2O4/c18-12-6-4-11(5-7-12)16-19-13(10-24-16)9-15(21)20-8-2-1-3-14(20)17(22)23/h4-7,10,14H,1-3,8-9H2,(H,22,23). The highest BCUT2D eigenvalue weighted by molar-refractivity contribution is 6.30. The van der Waals surface area contributed by atoms with E-state index in [9.17, 15) is 14.7 Å². The number of piperidine rings is 1. The van der Waals surface area contributed by atoms with Crippen LogP contribution in [0, 0.1) is 0 Å². The topological polar surface area (TPSA) is 83.6 Å². The lowest BCUT2D eigenvalue weighted by Crippen LogP contribution is -2.48. The molecular weight excluding hydrogens is 332 g/mol. The highest BCUT2D eigenvalue weighted by Crippen LogP contribution is 2.22. The second-order valence-electron chi connectivity index (χ2n) is 5.76. The van der Waals surface area contributed by atoms with Crippen molar-refractivity contribution >= 4 is 23.5 Å². The molecule has 1 aliphatic rings. The first kappa shape index (κ1) is 16.5. The number of carboxylic acids is 1. The monoisotopic (exact) mass is 348 g/mol. The molecule has 1 aromatic heterocycles. The number of rotatable bonds is 4. The zero-order chi connectivity index (χ0) is 17.1. The molecule has 1 fully saturated rings. The number of amides is 1. The Morgan fingerprint density at radius 1 is 1.29 bits per heavy atom. The van der Waals surface area contributed by atoms with Crippen molar-refractivity contribution in [3.05, 3.63) is 41.2 Å². The molecule has 0 spiro atoms. The van der Waals surface area contributed by atoms with Gasteiger partial charge in [0.15, 0.2) is 0 Å². The molecule has 1 N–H and O–H groups in total. The highest BCUT2D eigenvalue weighted by atomic mass is 35.5. The summed E-state index contributed by atoms with van der Waals surface area (Å²) in [6.07, 6.45) is 3.61. The number of nitrogens with zero attached hydrogens (tertiary/aromatic N) is 2. The van der Waals surface area contributed by atoms with Gasteiger partial charge >= 0.3 is 5.97 Å². The van der Waals surface area contributed by atoms with Crippen LogP contribution in [0.1, 0.15) is 25.0 Å². The molecule has 6 nitrogen and oxygen atoms in total. The minimum Gasteiger partial charge on any atom is -0.480 e. The molecule has 1 saturated heterocycles. The van der Waals surface area contributed by atoms with E-state index in [2.05, 4.69) is 4.98 Å². The Morgan fingerprint density at radius 2 is 2.04 bits per heavy atom. The van der Waals surface area contributed by atoms with Gasteiger partial charge in [0.2, 0.25) is 11.8 Å². The van der Waals surface area contributed by atoms with Crippen molar-refractivity contribution in [1.82, 2.24) is 9.88 Å². The summed E-state index contributed by atoms with van der Waals surface area (Å²) >= 11 is 5.85. The maximum atomic E-state index is 12.4. The number of hydrogen-bond acceptors (Lipinski definition) is 4. The summed E-state index contributed by atoms with van der Waals surface area (Å²) in [4.78, 5) is 29.5. The Balaban J connectivity index is 1.70. The molecule has 1 aliphatic heterocycles. The fraction of sp³-hybridized carbons (Fsp3) is 0.353. The van der Waals surface area contributed by atoms with Gasteiger partial charge in [-0.1, -0.05) is 11.6 Å². The number of carbonyl (C=O) groups excluding carboxylic acids is 1. The second kappa shape index (κ2) is 7.05. The van der Waals surface area contributed by atoms with Crippen molar-refractivity contribution in [3.8, 4) is 11.5 Å². The number of oxazole rings is 1. The van der Waals surface area contributed by atoms with Gasteiger partial charge in [-0.2, -0.15) is 0 Å². The van der Waals surface area contributed by atoms with Gasteiger partial charge in [0.1, 0.15) is 12.3 Å². The number of benzene rings is 1. The Bertz CT molecular complexity index is 741. The van der Waals surface area contributed by atoms with E-state index in [4.69, 9.17) is 16.0 Å². The summed E-state index contributed by atoms with van der Waals surface area (Å²) in [7, 11) is 0. The lowest BCUT2D eigenvalue weighted by molar-refractivity contribution is -0.151. The molecule has 126 valence electrons. The highest BCUT2D eigenvalue weighted by Gasteiger charge is 2.32. The number of aromatic nitrogens is 1. The number of carboxylic acid groups (broad SMARTS) is 1. The minimum atomic E-state index is -0.954. The van der Waals surface area contributed by atoms with Crippen molar-refractivity contribution in [2.24, 2.45) is 0 Å². The quantitative estimate of drug-likeness (QED) is 0.918. The zero-order valence-corrected chi connectivity index (χ0v) is 13.7. The molecule has 2 aromatic rings. The SMILES string of the molecule is O=C(O)C1CCCCN1C(=O)Cc1coc(-c2ccc(Cl)cc2)n1. The number of aliphatic carboxylic acids is 1. The fourth-order valence-corrected chi connectivity index (χ4v) is 2.98. The number of carbonyl (C=O) groups is 2. The Kier molecular flexibility index (Phi) is 4.85. The molecule has 3 rings (SSSR count). The molecule has 1 aromatic carbocycles. The minimum absolute atomic E-state index is 0.0286. The van der Waals surface area contributed by atoms with Gasteiger partial charge in [0, 0.05) is 17.1 Å². The third-order valence-corrected chi connectivity index (χ3v) is 4.34. The molecule has 0 bridgehead atoms. The van der Waals surface area contributed by atoms with E-state index in [1.54, 1.807) is 24.3 Å². The fourth-order valence-electron chi connectivity index (χ4n) is 2.86. The molecule has 24 heavy (non-hydrogen) atoms. The van der Waals surface area contributed by atoms with Crippen molar-refractivity contribution in [2.75, 3.05) is 6.54 Å². The van der Waals surface area contributed by atoms with E-state index in [0.29, 0.717) is 29.6 Å². The predicted molar refractivity (Wildman–Crippen MR) is 87.6 cm³/mol. The van der Waals surface area contributed by atoms with Crippen LogP contribution >= 0.6 is 11.6 Å². The third-order valence-electron chi connectivity index (χ3n) is 4.08. The average Bonchev–Trinajstić information content (AvgIpc) is 3.04. The van der Waals surface area contributed by atoms with Crippen molar-refractivity contribution in [1.29, 1.82) is 0 Å². The van der Waals surface area contributed by atoms with E-state index in [1.165, 1.54) is 11.2 Å². The van der Waals surface area contributed by atoms with Gasteiger partial charge in [-0.05, 0) is 43.5 Å². The van der Waals surface area contributed by atoms with Crippen LogP contribution in [0.4, 0.5) is 0 Å². The molecular formula is C17H17ClN2O4. The number of halogens is 1. The van der Waals surface area contributed by atoms with Crippen LogP contribution in [0.15, 0.2) is 34.9 Å². The second-order valence-corrected chi connectivity index (χ2v) is 6.20. The van der Waals surface area contributed by atoms with E-state index >= 15 is 0 Å². The van der Waals surface area contributed by atoms with Crippen LogP contribution in [0.2, 0.25) is 5.02 Å². The molecule has 1 unspecified atom stereocenters. The van der Waals surface area contributed by atoms with Crippen LogP contribution < -0.4 is 0 Å². The molecule has 7 heteroatoms. The average molecular weight is 349 g/mol. The Hall–Kier alpha value is -2.34. The number of hydrogen-bond donors (Lipinski definition) is 1. The van der Waals surface area contributed by atoms with Crippen molar-refractivity contribution in [3.63, 3.8) is 0 Å². The first-order valence-corrected chi connectivity index (χ1v) is 8.15. The van der Waals surface area contributed by atoms with Gasteiger partial charge in [-0.3, -0.25) is 4.79 Å². The zero-order valence-electron chi connectivity index (χ0n) is 12.9. The summed E-state index contributed by atoms with van der Waals surface area (Å²) in [5, 5.41) is 9.88. The number of likely N-dealkylation sites (tertiary alicyclic amines) is 1. The van der Waals surface area contributed by atoms with Gasteiger partial charge < -0.3 is 14.4 Å². The van der Waals surface area contributed by atoms with E-state index in [0.717, 1.165) is 18.4 Å². The Morgan fingerprint density at radius 3 is 2.75 bits per heavy atom. The first-order valence-electron chi connectivity index (χ1n) is 7.77. The van der Waals surface area contributed by atoms with Crippen LogP contribution in [0.3, 0.4) is 0 Å². The summed E-state index contributed by atoms with van der Waals surface area (Å²) in [5.41, 5.74) is 1.25. The van der Waals surface area contributed by atoms with Crippen molar-refractivity contribution in [2.45, 2.75) is 31.7 Å². The largest absolute Gasteiger partial charge is 0.480 e. The molecule has 0 radical (unpaired) electrons.